The maximum Gasteiger partial charge on any atom is 0.158 e. The van der Waals surface area contributed by atoms with Gasteiger partial charge in [0, 0.05) is 18.3 Å². The highest BCUT2D eigenvalue weighted by atomic mass is 15.0. The molecule has 0 saturated heterocycles. The zero-order chi connectivity index (χ0) is 6.81. The molecule has 3 nitrogen and oxygen atoms in total. The highest BCUT2D eigenvalue weighted by Gasteiger charge is 2.02. The van der Waals surface area contributed by atoms with E-state index >= 15 is 0 Å². The summed E-state index contributed by atoms with van der Waals surface area (Å²) < 4.78 is 0. The Bertz CT molecular complexity index is 267. The van der Waals surface area contributed by atoms with Crippen LogP contribution in [0.3, 0.4) is 0 Å². The van der Waals surface area contributed by atoms with Crippen molar-refractivity contribution in [2.75, 3.05) is 0 Å². The minimum absolute atomic E-state index is 0.834. The van der Waals surface area contributed by atoms with E-state index in [1.165, 1.54) is 0 Å². The Kier molecular flexibility index (Phi) is 1.13. The number of hydrogen-bond acceptors (Lipinski definition) is 3. The number of aromatic nitrogens is 1. The standard InChI is InChI=1S/C7H7N3/c1-2-6-4-8-5-10-7(6)9-3-1/h1-3,5H,4H2,(H,8,9,10). The van der Waals surface area contributed by atoms with Gasteiger partial charge in [-0.15, -0.1) is 0 Å². The van der Waals surface area contributed by atoms with Crippen LogP contribution in [0.5, 0.6) is 0 Å². The zero-order valence-corrected chi connectivity index (χ0v) is 5.41. The first-order valence-electron chi connectivity index (χ1n) is 3.16. The Morgan fingerprint density at radius 3 is 3.40 bits per heavy atom. The smallest absolute Gasteiger partial charge is 0.158 e. The van der Waals surface area contributed by atoms with Crippen molar-refractivity contribution in [3.8, 4) is 0 Å². The molecule has 2 rings (SSSR count). The Morgan fingerprint density at radius 1 is 1.50 bits per heavy atom. The van der Waals surface area contributed by atoms with Gasteiger partial charge in [-0.25, -0.2) is 9.98 Å². The molecule has 1 aliphatic rings. The molecule has 0 fully saturated rings. The molecule has 0 saturated carbocycles. The molecule has 0 atom stereocenters. The van der Waals surface area contributed by atoms with Gasteiger partial charge in [-0.3, -0.25) is 0 Å². The molecule has 0 amide bonds. The van der Waals surface area contributed by atoms with E-state index in [1.807, 2.05) is 12.1 Å². The molecule has 0 spiro atoms. The Hall–Kier alpha value is -1.38. The summed E-state index contributed by atoms with van der Waals surface area (Å²) in [4.78, 5) is 8.13. The first-order valence-corrected chi connectivity index (χ1v) is 3.16. The molecule has 0 aromatic carbocycles. The van der Waals surface area contributed by atoms with Gasteiger partial charge in [0.05, 0.1) is 6.34 Å². The summed E-state index contributed by atoms with van der Waals surface area (Å²) in [5.74, 6) is 0.834. The largest absolute Gasteiger partial charge is 0.372 e. The summed E-state index contributed by atoms with van der Waals surface area (Å²) in [5.41, 5.74) is 1.16. The summed E-state index contributed by atoms with van der Waals surface area (Å²) in [6.45, 7) is 0.840. The van der Waals surface area contributed by atoms with Gasteiger partial charge in [0.1, 0.15) is 0 Å². The Balaban J connectivity index is 2.54. The summed E-state index contributed by atoms with van der Waals surface area (Å²) in [7, 11) is 0. The minimum atomic E-state index is 0.834. The van der Waals surface area contributed by atoms with Gasteiger partial charge in [-0.1, -0.05) is 6.07 Å². The highest BCUT2D eigenvalue weighted by molar-refractivity contribution is 5.63. The normalized spacial score (nSPS) is 14.0. The molecule has 0 aliphatic carbocycles. The fourth-order valence-corrected chi connectivity index (χ4v) is 0.947. The van der Waals surface area contributed by atoms with Crippen LogP contribution < -0.4 is 5.32 Å². The molecule has 50 valence electrons. The van der Waals surface area contributed by atoms with Gasteiger partial charge in [0.2, 0.25) is 0 Å². The molecule has 0 radical (unpaired) electrons. The lowest BCUT2D eigenvalue weighted by Crippen LogP contribution is -2.14. The second-order valence-electron chi connectivity index (χ2n) is 2.13. The fraction of sp³-hybridized carbons (Fsp3) is 0.143. The maximum absolute atomic E-state index is 4.08. The van der Waals surface area contributed by atoms with Gasteiger partial charge < -0.3 is 5.32 Å². The van der Waals surface area contributed by atoms with Crippen LogP contribution in [-0.4, -0.2) is 11.3 Å². The molecular formula is C7H7N3. The molecule has 1 aliphatic heterocycles. The van der Waals surface area contributed by atoms with Gasteiger partial charge in [-0.05, 0) is 6.07 Å². The molecule has 3 heteroatoms. The zero-order valence-electron chi connectivity index (χ0n) is 5.41. The quantitative estimate of drug-likeness (QED) is 0.569. The molecule has 1 aromatic heterocycles. The van der Waals surface area contributed by atoms with Gasteiger partial charge in [0.15, 0.2) is 5.82 Å². The van der Waals surface area contributed by atoms with E-state index in [4.69, 9.17) is 0 Å². The molecular weight excluding hydrogens is 126 g/mol. The summed E-state index contributed by atoms with van der Waals surface area (Å²) in [5, 5.41) is 3.01. The second-order valence-corrected chi connectivity index (χ2v) is 2.13. The van der Waals surface area contributed by atoms with Crippen LogP contribution in [0.15, 0.2) is 23.3 Å². The van der Waals surface area contributed by atoms with Crippen molar-refractivity contribution in [1.82, 2.24) is 10.3 Å². The Morgan fingerprint density at radius 2 is 2.50 bits per heavy atom. The van der Waals surface area contributed by atoms with Crippen molar-refractivity contribution in [3.63, 3.8) is 0 Å². The molecule has 0 unspecified atom stereocenters. The topological polar surface area (TPSA) is 37.3 Å². The summed E-state index contributed by atoms with van der Waals surface area (Å²) in [6, 6.07) is 3.94. The molecule has 1 aromatic rings. The van der Waals surface area contributed by atoms with Crippen LogP contribution in [0, 0.1) is 0 Å². The predicted molar refractivity (Wildman–Crippen MR) is 39.2 cm³/mol. The average Bonchev–Trinajstić information content (AvgIpc) is 2.05. The molecule has 10 heavy (non-hydrogen) atoms. The lowest BCUT2D eigenvalue weighted by molar-refractivity contribution is 0.899. The molecule has 1 N–H and O–H groups in total. The van der Waals surface area contributed by atoms with Crippen LogP contribution in [0.1, 0.15) is 5.56 Å². The SMILES string of the molecule is C1=Nc2ncccc2CN1. The number of hydrogen-bond donors (Lipinski definition) is 1. The van der Waals surface area contributed by atoms with Gasteiger partial charge >= 0.3 is 0 Å². The van der Waals surface area contributed by atoms with Crippen molar-refractivity contribution < 1.29 is 0 Å². The first kappa shape index (κ1) is 5.41. The van der Waals surface area contributed by atoms with Crippen molar-refractivity contribution >= 4 is 12.2 Å². The number of fused-ring (bicyclic) bond motifs is 1. The third-order valence-electron chi connectivity index (χ3n) is 1.44. The van der Waals surface area contributed by atoms with E-state index in [1.54, 1.807) is 12.5 Å². The predicted octanol–water partition coefficient (Wildman–Crippen LogP) is 0.845. The summed E-state index contributed by atoms with van der Waals surface area (Å²) >= 11 is 0. The van der Waals surface area contributed by atoms with E-state index in [-0.39, 0.29) is 0 Å². The van der Waals surface area contributed by atoms with Crippen molar-refractivity contribution in [3.05, 3.63) is 23.9 Å². The van der Waals surface area contributed by atoms with Crippen LogP contribution >= 0.6 is 0 Å². The van der Waals surface area contributed by atoms with Crippen molar-refractivity contribution in [2.45, 2.75) is 6.54 Å². The third kappa shape index (κ3) is 0.757. The first-order chi connectivity index (χ1) is 4.97. The maximum atomic E-state index is 4.08. The van der Waals surface area contributed by atoms with Crippen molar-refractivity contribution in [2.24, 2.45) is 4.99 Å². The lowest BCUT2D eigenvalue weighted by Gasteiger charge is -2.07. The number of pyridine rings is 1. The Labute approximate surface area is 58.8 Å². The summed E-state index contributed by atoms with van der Waals surface area (Å²) in [6.07, 6.45) is 3.43. The number of nitrogens with zero attached hydrogens (tertiary/aromatic N) is 2. The molecule has 2 heterocycles. The second kappa shape index (κ2) is 2.10. The number of nitrogens with one attached hydrogen (secondary N) is 1. The molecule has 0 bridgehead atoms. The van der Waals surface area contributed by atoms with E-state index < -0.39 is 0 Å². The third-order valence-corrected chi connectivity index (χ3v) is 1.44. The van der Waals surface area contributed by atoms with Crippen LogP contribution in [0.25, 0.3) is 0 Å². The van der Waals surface area contributed by atoms with Gasteiger partial charge in [0.25, 0.3) is 0 Å². The lowest BCUT2D eigenvalue weighted by atomic mass is 10.2. The van der Waals surface area contributed by atoms with Crippen molar-refractivity contribution in [1.29, 1.82) is 0 Å². The van der Waals surface area contributed by atoms with E-state index in [0.717, 1.165) is 17.9 Å². The average molecular weight is 133 g/mol. The van der Waals surface area contributed by atoms with Crippen LogP contribution in [0.2, 0.25) is 0 Å². The van der Waals surface area contributed by atoms with E-state index in [9.17, 15) is 0 Å². The van der Waals surface area contributed by atoms with E-state index in [2.05, 4.69) is 15.3 Å². The van der Waals surface area contributed by atoms with Crippen LogP contribution in [-0.2, 0) is 6.54 Å². The highest BCUT2D eigenvalue weighted by Crippen LogP contribution is 2.15. The minimum Gasteiger partial charge on any atom is -0.372 e. The monoisotopic (exact) mass is 133 g/mol. The number of aliphatic imine (C=N–C) groups is 1. The number of rotatable bonds is 0. The van der Waals surface area contributed by atoms with E-state index in [0.29, 0.717) is 0 Å². The van der Waals surface area contributed by atoms with Gasteiger partial charge in [-0.2, -0.15) is 0 Å². The van der Waals surface area contributed by atoms with Crippen LogP contribution in [0.4, 0.5) is 5.82 Å². The fourth-order valence-electron chi connectivity index (χ4n) is 0.947.